The van der Waals surface area contributed by atoms with E-state index in [0.717, 1.165) is 17.7 Å². The van der Waals surface area contributed by atoms with E-state index in [1.54, 1.807) is 14.2 Å². The summed E-state index contributed by atoms with van der Waals surface area (Å²) in [4.78, 5) is 0. The minimum Gasteiger partial charge on any atom is -0.496 e. The normalized spacial score (nSPS) is 14.7. The maximum Gasteiger partial charge on any atom is 0.125 e. The van der Waals surface area contributed by atoms with Crippen LogP contribution in [-0.4, -0.2) is 20.8 Å². The molecule has 1 atom stereocenters. The lowest BCUT2D eigenvalue weighted by molar-refractivity contribution is -0.0120. The van der Waals surface area contributed by atoms with E-state index in [0.29, 0.717) is 6.54 Å². The third-order valence-corrected chi connectivity index (χ3v) is 2.89. The smallest absolute Gasteiger partial charge is 0.125 e. The summed E-state index contributed by atoms with van der Waals surface area (Å²) in [6, 6.07) is 7.83. The average Bonchev–Trinajstić information content (AvgIpc) is 2.33. The zero-order chi connectivity index (χ0) is 11.3. The van der Waals surface area contributed by atoms with Crippen LogP contribution in [0, 0.1) is 0 Å². The van der Waals surface area contributed by atoms with E-state index in [-0.39, 0.29) is 0 Å². The highest BCUT2D eigenvalue weighted by molar-refractivity contribution is 5.38. The molecule has 2 N–H and O–H groups in total. The number of ether oxygens (including phenoxy) is 2. The van der Waals surface area contributed by atoms with Gasteiger partial charge in [-0.15, -0.1) is 0 Å². The van der Waals surface area contributed by atoms with Crippen molar-refractivity contribution in [3.05, 3.63) is 29.8 Å². The fraction of sp³-hybridized carbons (Fsp3) is 0.500. The molecule has 0 aliphatic rings. The standard InChI is InChI=1S/C12H19NO2/c1-4-12(9-13,15-3)10-7-5-6-8-11(10)14-2/h5-8H,4,9,13H2,1-3H3. The van der Waals surface area contributed by atoms with E-state index in [4.69, 9.17) is 15.2 Å². The number of hydrogen-bond acceptors (Lipinski definition) is 3. The third kappa shape index (κ3) is 2.13. The Bertz CT molecular complexity index is 300. The Morgan fingerprint density at radius 3 is 2.40 bits per heavy atom. The van der Waals surface area contributed by atoms with Crippen molar-refractivity contribution in [3.63, 3.8) is 0 Å². The fourth-order valence-electron chi connectivity index (χ4n) is 1.80. The van der Waals surface area contributed by atoms with Gasteiger partial charge >= 0.3 is 0 Å². The van der Waals surface area contributed by atoms with Crippen LogP contribution in [0.25, 0.3) is 0 Å². The summed E-state index contributed by atoms with van der Waals surface area (Å²) in [6.07, 6.45) is 0.820. The van der Waals surface area contributed by atoms with Crippen LogP contribution in [0.3, 0.4) is 0 Å². The molecule has 1 rings (SSSR count). The molecule has 0 aliphatic carbocycles. The Morgan fingerprint density at radius 2 is 1.93 bits per heavy atom. The number of para-hydroxylation sites is 1. The molecule has 3 heteroatoms. The van der Waals surface area contributed by atoms with Crippen molar-refractivity contribution in [1.82, 2.24) is 0 Å². The molecule has 0 aromatic heterocycles. The lowest BCUT2D eigenvalue weighted by Crippen LogP contribution is -2.36. The maximum atomic E-state index is 5.80. The van der Waals surface area contributed by atoms with Crippen LogP contribution in [0.4, 0.5) is 0 Å². The first-order valence-electron chi connectivity index (χ1n) is 5.12. The van der Waals surface area contributed by atoms with Crippen molar-refractivity contribution in [2.75, 3.05) is 20.8 Å². The van der Waals surface area contributed by atoms with Crippen molar-refractivity contribution >= 4 is 0 Å². The van der Waals surface area contributed by atoms with Crippen LogP contribution in [0.1, 0.15) is 18.9 Å². The second-order valence-electron chi connectivity index (χ2n) is 3.46. The van der Waals surface area contributed by atoms with Gasteiger partial charge in [0.05, 0.1) is 7.11 Å². The molecule has 0 fully saturated rings. The van der Waals surface area contributed by atoms with Crippen molar-refractivity contribution in [3.8, 4) is 5.75 Å². The highest BCUT2D eigenvalue weighted by Crippen LogP contribution is 2.34. The molecule has 0 aliphatic heterocycles. The first kappa shape index (κ1) is 12.0. The lowest BCUT2D eigenvalue weighted by Gasteiger charge is -2.31. The molecule has 0 spiro atoms. The fourth-order valence-corrected chi connectivity index (χ4v) is 1.80. The van der Waals surface area contributed by atoms with E-state index in [1.165, 1.54) is 0 Å². The van der Waals surface area contributed by atoms with Crippen molar-refractivity contribution in [2.24, 2.45) is 5.73 Å². The van der Waals surface area contributed by atoms with Crippen LogP contribution in [0.15, 0.2) is 24.3 Å². The quantitative estimate of drug-likeness (QED) is 0.805. The van der Waals surface area contributed by atoms with Gasteiger partial charge in [0.15, 0.2) is 0 Å². The molecule has 84 valence electrons. The van der Waals surface area contributed by atoms with Gasteiger partial charge in [-0.05, 0) is 12.5 Å². The average molecular weight is 209 g/mol. The minimum atomic E-state index is -0.438. The van der Waals surface area contributed by atoms with Gasteiger partial charge in [0.2, 0.25) is 0 Å². The van der Waals surface area contributed by atoms with Gasteiger partial charge in [-0.3, -0.25) is 0 Å². The summed E-state index contributed by atoms with van der Waals surface area (Å²) < 4.78 is 10.9. The largest absolute Gasteiger partial charge is 0.496 e. The van der Waals surface area contributed by atoms with E-state index >= 15 is 0 Å². The zero-order valence-corrected chi connectivity index (χ0v) is 9.62. The molecule has 0 bridgehead atoms. The summed E-state index contributed by atoms with van der Waals surface area (Å²) in [5, 5.41) is 0. The Balaban J connectivity index is 3.21. The predicted molar refractivity (Wildman–Crippen MR) is 61.0 cm³/mol. The van der Waals surface area contributed by atoms with Gasteiger partial charge in [0, 0.05) is 19.2 Å². The van der Waals surface area contributed by atoms with Crippen LogP contribution in [0.2, 0.25) is 0 Å². The number of rotatable bonds is 5. The summed E-state index contributed by atoms with van der Waals surface area (Å²) in [6.45, 7) is 2.50. The molecular weight excluding hydrogens is 190 g/mol. The van der Waals surface area contributed by atoms with Crippen LogP contribution in [0.5, 0.6) is 5.75 Å². The van der Waals surface area contributed by atoms with Crippen LogP contribution < -0.4 is 10.5 Å². The van der Waals surface area contributed by atoms with E-state index in [1.807, 2.05) is 24.3 Å². The van der Waals surface area contributed by atoms with Crippen molar-refractivity contribution in [2.45, 2.75) is 18.9 Å². The first-order chi connectivity index (χ1) is 7.24. The summed E-state index contributed by atoms with van der Waals surface area (Å²) in [5.41, 5.74) is 6.38. The number of hydrogen-bond donors (Lipinski definition) is 1. The monoisotopic (exact) mass is 209 g/mol. The highest BCUT2D eigenvalue weighted by atomic mass is 16.5. The summed E-state index contributed by atoms with van der Waals surface area (Å²) >= 11 is 0. The van der Waals surface area contributed by atoms with Crippen molar-refractivity contribution in [1.29, 1.82) is 0 Å². The Morgan fingerprint density at radius 1 is 1.27 bits per heavy atom. The topological polar surface area (TPSA) is 44.5 Å². The number of methoxy groups -OCH3 is 2. The third-order valence-electron chi connectivity index (χ3n) is 2.89. The second-order valence-corrected chi connectivity index (χ2v) is 3.46. The number of benzene rings is 1. The molecule has 1 aromatic carbocycles. The molecule has 1 unspecified atom stereocenters. The second kappa shape index (κ2) is 5.14. The van der Waals surface area contributed by atoms with Crippen molar-refractivity contribution < 1.29 is 9.47 Å². The van der Waals surface area contributed by atoms with E-state index in [2.05, 4.69) is 6.92 Å². The van der Waals surface area contributed by atoms with Gasteiger partial charge in [-0.2, -0.15) is 0 Å². The number of nitrogens with two attached hydrogens (primary N) is 1. The van der Waals surface area contributed by atoms with E-state index < -0.39 is 5.60 Å². The molecule has 15 heavy (non-hydrogen) atoms. The lowest BCUT2D eigenvalue weighted by atomic mass is 9.90. The van der Waals surface area contributed by atoms with Gasteiger partial charge in [0.1, 0.15) is 11.4 Å². The highest BCUT2D eigenvalue weighted by Gasteiger charge is 2.31. The molecule has 0 heterocycles. The summed E-state index contributed by atoms with van der Waals surface area (Å²) in [5.74, 6) is 0.826. The van der Waals surface area contributed by atoms with Crippen LogP contribution >= 0.6 is 0 Å². The molecule has 0 saturated heterocycles. The van der Waals surface area contributed by atoms with Gasteiger partial charge in [-0.1, -0.05) is 25.1 Å². The molecule has 0 amide bonds. The molecule has 0 radical (unpaired) electrons. The first-order valence-corrected chi connectivity index (χ1v) is 5.12. The van der Waals surface area contributed by atoms with Gasteiger partial charge < -0.3 is 15.2 Å². The minimum absolute atomic E-state index is 0.438. The van der Waals surface area contributed by atoms with Crippen LogP contribution in [-0.2, 0) is 10.3 Å². The Labute approximate surface area is 91.2 Å². The maximum absolute atomic E-state index is 5.80. The Kier molecular flexibility index (Phi) is 4.12. The zero-order valence-electron chi connectivity index (χ0n) is 9.62. The molecular formula is C12H19NO2. The SMILES string of the molecule is CCC(CN)(OC)c1ccccc1OC. The molecule has 3 nitrogen and oxygen atoms in total. The molecule has 1 aromatic rings. The van der Waals surface area contributed by atoms with Gasteiger partial charge in [-0.25, -0.2) is 0 Å². The predicted octanol–water partition coefficient (Wildman–Crippen LogP) is 1.91. The Hall–Kier alpha value is -1.06. The van der Waals surface area contributed by atoms with Gasteiger partial charge in [0.25, 0.3) is 0 Å². The van der Waals surface area contributed by atoms with E-state index in [9.17, 15) is 0 Å². The summed E-state index contributed by atoms with van der Waals surface area (Å²) in [7, 11) is 3.34. The molecule has 0 saturated carbocycles.